The molecule has 1 aliphatic heterocycles. The first kappa shape index (κ1) is 7.45. The molecule has 0 unspecified atom stereocenters. The van der Waals surface area contributed by atoms with Gasteiger partial charge in [-0.1, -0.05) is 0 Å². The molecule has 2 nitrogen and oxygen atoms in total. The van der Waals surface area contributed by atoms with Crippen LogP contribution in [0, 0.1) is 0 Å². The Labute approximate surface area is 62.3 Å². The van der Waals surface area contributed by atoms with E-state index in [9.17, 15) is 0 Å². The molecule has 0 saturated carbocycles. The summed E-state index contributed by atoms with van der Waals surface area (Å²) in [5, 5.41) is 3.17. The molecule has 0 bridgehead atoms. The van der Waals surface area contributed by atoms with Gasteiger partial charge in [0.2, 0.25) is 0 Å². The number of nitrogens with one attached hydrogen (secondary N) is 1. The lowest BCUT2D eigenvalue weighted by Crippen LogP contribution is -2.47. The van der Waals surface area contributed by atoms with Crippen LogP contribution >= 0.6 is 0 Å². The van der Waals surface area contributed by atoms with Crippen molar-refractivity contribution in [2.24, 2.45) is 0 Å². The van der Waals surface area contributed by atoms with E-state index < -0.39 is 0 Å². The number of hydrogen-bond acceptors (Lipinski definition) is 2. The van der Waals surface area contributed by atoms with Crippen LogP contribution in [0.5, 0.6) is 0 Å². The van der Waals surface area contributed by atoms with E-state index in [-0.39, 0.29) is 11.1 Å². The van der Waals surface area contributed by atoms with E-state index in [0.717, 1.165) is 0 Å². The van der Waals surface area contributed by atoms with Crippen molar-refractivity contribution in [3.8, 4) is 0 Å². The van der Waals surface area contributed by atoms with Gasteiger partial charge in [-0.15, -0.1) is 0 Å². The van der Waals surface area contributed by atoms with Crippen LogP contribution in [0.15, 0.2) is 12.5 Å². The fourth-order valence-corrected chi connectivity index (χ4v) is 0.960. The standard InChI is InChI=1S/C8H15NO/c1-6-9-7(2,3)8(4,5)10-6/h9H,1H2,2-5H3. The zero-order valence-electron chi connectivity index (χ0n) is 7.12. The summed E-state index contributed by atoms with van der Waals surface area (Å²) in [5.74, 6) is 0.676. The van der Waals surface area contributed by atoms with Gasteiger partial charge in [-0.2, -0.15) is 0 Å². The maximum absolute atomic E-state index is 5.46. The molecule has 0 aromatic rings. The van der Waals surface area contributed by atoms with Gasteiger partial charge in [0.15, 0.2) is 5.88 Å². The highest BCUT2D eigenvalue weighted by atomic mass is 16.5. The lowest BCUT2D eigenvalue weighted by atomic mass is 9.87. The van der Waals surface area contributed by atoms with Crippen molar-refractivity contribution < 1.29 is 4.74 Å². The SMILES string of the molecule is C=C1NC(C)(C)C(C)(C)O1. The van der Waals surface area contributed by atoms with Crippen molar-refractivity contribution >= 4 is 0 Å². The first-order chi connectivity index (χ1) is 4.35. The Balaban J connectivity index is 2.88. The van der Waals surface area contributed by atoms with Crippen molar-refractivity contribution in [2.45, 2.75) is 38.8 Å². The molecule has 10 heavy (non-hydrogen) atoms. The average Bonchev–Trinajstić information content (AvgIpc) is 1.73. The third kappa shape index (κ3) is 0.877. The molecule has 1 saturated heterocycles. The Kier molecular flexibility index (Phi) is 1.25. The van der Waals surface area contributed by atoms with Crippen molar-refractivity contribution in [3.05, 3.63) is 12.5 Å². The van der Waals surface area contributed by atoms with Gasteiger partial charge in [0, 0.05) is 0 Å². The summed E-state index contributed by atoms with van der Waals surface area (Å²) in [6, 6.07) is 0. The molecule has 1 fully saturated rings. The minimum Gasteiger partial charge on any atom is -0.471 e. The quantitative estimate of drug-likeness (QED) is 0.553. The lowest BCUT2D eigenvalue weighted by molar-refractivity contribution is 0.0383. The van der Waals surface area contributed by atoms with Gasteiger partial charge >= 0.3 is 0 Å². The van der Waals surface area contributed by atoms with Crippen LogP contribution in [-0.2, 0) is 4.74 Å². The third-order valence-electron chi connectivity index (χ3n) is 2.34. The van der Waals surface area contributed by atoms with Crippen molar-refractivity contribution in [1.29, 1.82) is 0 Å². The number of hydrogen-bond donors (Lipinski definition) is 1. The van der Waals surface area contributed by atoms with Crippen LogP contribution in [0.1, 0.15) is 27.7 Å². The summed E-state index contributed by atoms with van der Waals surface area (Å²) < 4.78 is 5.46. The van der Waals surface area contributed by atoms with E-state index in [2.05, 4.69) is 39.6 Å². The molecule has 2 heteroatoms. The molecule has 1 N–H and O–H groups in total. The molecule has 1 heterocycles. The van der Waals surface area contributed by atoms with E-state index in [0.29, 0.717) is 5.88 Å². The molecule has 1 rings (SSSR count). The molecule has 0 aromatic carbocycles. The van der Waals surface area contributed by atoms with Crippen LogP contribution in [0.25, 0.3) is 0 Å². The van der Waals surface area contributed by atoms with Crippen molar-refractivity contribution in [2.75, 3.05) is 0 Å². The van der Waals surface area contributed by atoms with E-state index in [1.165, 1.54) is 0 Å². The second-order valence-corrected chi connectivity index (χ2v) is 3.79. The normalized spacial score (nSPS) is 27.4. The molecule has 0 aromatic heterocycles. The Bertz CT molecular complexity index is 152. The van der Waals surface area contributed by atoms with Crippen molar-refractivity contribution in [1.82, 2.24) is 5.32 Å². The minimum atomic E-state index is -0.149. The maximum atomic E-state index is 5.46. The zero-order valence-corrected chi connectivity index (χ0v) is 7.12. The van der Waals surface area contributed by atoms with Gasteiger partial charge in [-0.3, -0.25) is 0 Å². The molecule has 1 aliphatic rings. The van der Waals surface area contributed by atoms with Crippen LogP contribution < -0.4 is 5.32 Å². The average molecular weight is 141 g/mol. The fraction of sp³-hybridized carbons (Fsp3) is 0.750. The molecule has 0 spiro atoms. The smallest absolute Gasteiger partial charge is 0.180 e. The van der Waals surface area contributed by atoms with Gasteiger partial charge in [-0.25, -0.2) is 0 Å². The summed E-state index contributed by atoms with van der Waals surface area (Å²) in [6.07, 6.45) is 0. The predicted molar refractivity (Wildman–Crippen MR) is 41.5 cm³/mol. The highest BCUT2D eigenvalue weighted by Crippen LogP contribution is 2.33. The molecule has 0 radical (unpaired) electrons. The first-order valence-corrected chi connectivity index (χ1v) is 3.51. The molecule has 0 amide bonds. The van der Waals surface area contributed by atoms with Gasteiger partial charge < -0.3 is 10.1 Å². The highest BCUT2D eigenvalue weighted by molar-refractivity contribution is 5.08. The van der Waals surface area contributed by atoms with E-state index in [4.69, 9.17) is 4.74 Å². The van der Waals surface area contributed by atoms with Crippen LogP contribution in [-0.4, -0.2) is 11.1 Å². The fourth-order valence-electron chi connectivity index (χ4n) is 0.960. The van der Waals surface area contributed by atoms with Crippen LogP contribution in [0.3, 0.4) is 0 Å². The lowest BCUT2D eigenvalue weighted by Gasteiger charge is -2.31. The highest BCUT2D eigenvalue weighted by Gasteiger charge is 2.45. The summed E-state index contributed by atoms with van der Waals surface area (Å²) in [4.78, 5) is 0. The Hall–Kier alpha value is -0.660. The first-order valence-electron chi connectivity index (χ1n) is 3.51. The zero-order chi connectivity index (χ0) is 7.99. The molecular weight excluding hydrogens is 126 g/mol. The molecular formula is C8H15NO. The second-order valence-electron chi connectivity index (χ2n) is 3.79. The van der Waals surface area contributed by atoms with Gasteiger partial charge in [-0.05, 0) is 34.3 Å². The molecule has 0 aliphatic carbocycles. The Morgan fingerprint density at radius 3 is 1.90 bits per heavy atom. The van der Waals surface area contributed by atoms with Gasteiger partial charge in [0.05, 0.1) is 5.54 Å². The number of rotatable bonds is 0. The van der Waals surface area contributed by atoms with E-state index in [1.54, 1.807) is 0 Å². The van der Waals surface area contributed by atoms with E-state index in [1.807, 2.05) is 0 Å². The number of ether oxygens (including phenoxy) is 1. The van der Waals surface area contributed by atoms with Crippen LogP contribution in [0.2, 0.25) is 0 Å². The predicted octanol–water partition coefficient (Wildman–Crippen LogP) is 1.63. The van der Waals surface area contributed by atoms with Gasteiger partial charge in [0.25, 0.3) is 0 Å². The van der Waals surface area contributed by atoms with E-state index >= 15 is 0 Å². The van der Waals surface area contributed by atoms with Gasteiger partial charge in [0.1, 0.15) is 5.60 Å². The molecule has 0 atom stereocenters. The van der Waals surface area contributed by atoms with Crippen molar-refractivity contribution in [3.63, 3.8) is 0 Å². The third-order valence-corrected chi connectivity index (χ3v) is 2.34. The summed E-state index contributed by atoms with van der Waals surface area (Å²) in [6.45, 7) is 12.0. The summed E-state index contributed by atoms with van der Waals surface area (Å²) in [5.41, 5.74) is -0.159. The minimum absolute atomic E-state index is 0.00984. The summed E-state index contributed by atoms with van der Waals surface area (Å²) in [7, 11) is 0. The Morgan fingerprint density at radius 1 is 1.30 bits per heavy atom. The second kappa shape index (κ2) is 1.68. The monoisotopic (exact) mass is 141 g/mol. The summed E-state index contributed by atoms with van der Waals surface area (Å²) >= 11 is 0. The topological polar surface area (TPSA) is 21.3 Å². The maximum Gasteiger partial charge on any atom is 0.180 e. The largest absolute Gasteiger partial charge is 0.471 e. The molecule has 58 valence electrons. The Morgan fingerprint density at radius 2 is 1.80 bits per heavy atom. The van der Waals surface area contributed by atoms with Crippen LogP contribution in [0.4, 0.5) is 0 Å².